The third kappa shape index (κ3) is 6.55. The molecular weight excluding hydrogens is 190 g/mol. The van der Waals surface area contributed by atoms with E-state index in [-0.39, 0.29) is 0 Å². The SMILES string of the molecule is CC.CC.CNc1ccc(C(=O)O)cc1. The van der Waals surface area contributed by atoms with Gasteiger partial charge in [-0.05, 0) is 24.3 Å². The van der Waals surface area contributed by atoms with Crippen molar-refractivity contribution in [3.63, 3.8) is 0 Å². The van der Waals surface area contributed by atoms with E-state index in [1.807, 2.05) is 27.7 Å². The highest BCUT2D eigenvalue weighted by Crippen LogP contribution is 2.07. The van der Waals surface area contributed by atoms with Gasteiger partial charge in [0.15, 0.2) is 0 Å². The van der Waals surface area contributed by atoms with Crippen molar-refractivity contribution in [3.8, 4) is 0 Å². The van der Waals surface area contributed by atoms with E-state index in [1.54, 1.807) is 31.3 Å². The summed E-state index contributed by atoms with van der Waals surface area (Å²) in [5.74, 6) is -0.896. The van der Waals surface area contributed by atoms with Crippen molar-refractivity contribution in [2.75, 3.05) is 12.4 Å². The van der Waals surface area contributed by atoms with E-state index in [1.165, 1.54) is 0 Å². The van der Waals surface area contributed by atoms with Gasteiger partial charge in [-0.15, -0.1) is 0 Å². The number of anilines is 1. The van der Waals surface area contributed by atoms with Crippen LogP contribution >= 0.6 is 0 Å². The van der Waals surface area contributed by atoms with Crippen LogP contribution in [0.4, 0.5) is 5.69 Å². The zero-order valence-electron chi connectivity index (χ0n) is 10.2. The van der Waals surface area contributed by atoms with Crippen LogP contribution < -0.4 is 5.32 Å². The minimum atomic E-state index is -0.896. The molecule has 3 nitrogen and oxygen atoms in total. The fraction of sp³-hybridized carbons (Fsp3) is 0.417. The second-order valence-corrected chi connectivity index (χ2v) is 2.13. The van der Waals surface area contributed by atoms with Gasteiger partial charge < -0.3 is 10.4 Å². The molecule has 0 aliphatic carbocycles. The molecule has 0 aromatic heterocycles. The average Bonchev–Trinajstić information content (AvgIpc) is 2.34. The second kappa shape index (κ2) is 10.6. The summed E-state index contributed by atoms with van der Waals surface area (Å²) in [6.07, 6.45) is 0. The van der Waals surface area contributed by atoms with Crippen molar-refractivity contribution in [3.05, 3.63) is 29.8 Å². The number of benzene rings is 1. The van der Waals surface area contributed by atoms with Crippen LogP contribution in [0, 0.1) is 0 Å². The number of rotatable bonds is 2. The Kier molecular flexibility index (Phi) is 11.2. The van der Waals surface area contributed by atoms with Crippen LogP contribution in [0.2, 0.25) is 0 Å². The topological polar surface area (TPSA) is 49.3 Å². The van der Waals surface area contributed by atoms with E-state index in [9.17, 15) is 4.79 Å². The molecular formula is C12H21NO2. The van der Waals surface area contributed by atoms with Gasteiger partial charge in [0, 0.05) is 12.7 Å². The summed E-state index contributed by atoms with van der Waals surface area (Å²) < 4.78 is 0. The van der Waals surface area contributed by atoms with E-state index in [0.29, 0.717) is 5.56 Å². The van der Waals surface area contributed by atoms with E-state index in [2.05, 4.69) is 5.32 Å². The Hall–Kier alpha value is -1.51. The molecule has 0 atom stereocenters. The highest BCUT2D eigenvalue weighted by atomic mass is 16.4. The van der Waals surface area contributed by atoms with Gasteiger partial charge >= 0.3 is 5.97 Å². The Balaban J connectivity index is 0. The quantitative estimate of drug-likeness (QED) is 0.787. The predicted octanol–water partition coefficient (Wildman–Crippen LogP) is 3.48. The van der Waals surface area contributed by atoms with Gasteiger partial charge in [-0.2, -0.15) is 0 Å². The summed E-state index contributed by atoms with van der Waals surface area (Å²) in [6, 6.07) is 6.58. The lowest BCUT2D eigenvalue weighted by Crippen LogP contribution is -1.96. The zero-order chi connectivity index (χ0) is 12.3. The van der Waals surface area contributed by atoms with E-state index < -0.39 is 5.97 Å². The first kappa shape index (κ1) is 15.9. The van der Waals surface area contributed by atoms with Crippen LogP contribution in [0.3, 0.4) is 0 Å². The Bertz CT molecular complexity index is 255. The number of carbonyl (C=O) groups is 1. The Morgan fingerprint density at radius 3 is 1.73 bits per heavy atom. The van der Waals surface area contributed by atoms with Crippen molar-refractivity contribution in [1.82, 2.24) is 0 Å². The summed E-state index contributed by atoms with van der Waals surface area (Å²) in [4.78, 5) is 10.4. The maximum absolute atomic E-state index is 10.4. The first-order valence-electron chi connectivity index (χ1n) is 5.25. The molecule has 2 N–H and O–H groups in total. The lowest BCUT2D eigenvalue weighted by atomic mass is 10.2. The number of aromatic carboxylic acids is 1. The van der Waals surface area contributed by atoms with E-state index in [4.69, 9.17) is 5.11 Å². The van der Waals surface area contributed by atoms with Gasteiger partial charge in [0.1, 0.15) is 0 Å². The summed E-state index contributed by atoms with van der Waals surface area (Å²) in [5, 5.41) is 11.4. The molecule has 0 aliphatic heterocycles. The summed E-state index contributed by atoms with van der Waals surface area (Å²) in [7, 11) is 1.79. The van der Waals surface area contributed by atoms with Gasteiger partial charge in [-0.25, -0.2) is 4.79 Å². The normalized spacial score (nSPS) is 7.53. The van der Waals surface area contributed by atoms with Crippen LogP contribution in [0.25, 0.3) is 0 Å². The molecule has 0 amide bonds. The van der Waals surface area contributed by atoms with Crippen molar-refractivity contribution in [1.29, 1.82) is 0 Å². The Labute approximate surface area is 92.1 Å². The predicted molar refractivity (Wildman–Crippen MR) is 65.6 cm³/mol. The molecule has 0 fully saturated rings. The van der Waals surface area contributed by atoms with Gasteiger partial charge in [0.05, 0.1) is 5.56 Å². The number of nitrogens with one attached hydrogen (secondary N) is 1. The third-order valence-electron chi connectivity index (χ3n) is 1.42. The molecule has 1 rings (SSSR count). The van der Waals surface area contributed by atoms with Crippen LogP contribution in [-0.2, 0) is 0 Å². The number of hydrogen-bond donors (Lipinski definition) is 2. The number of carboxylic acids is 1. The number of carboxylic acid groups (broad SMARTS) is 1. The maximum Gasteiger partial charge on any atom is 0.335 e. The second-order valence-electron chi connectivity index (χ2n) is 2.13. The first-order chi connectivity index (χ1) is 7.24. The molecule has 15 heavy (non-hydrogen) atoms. The summed E-state index contributed by atoms with van der Waals surface area (Å²) >= 11 is 0. The van der Waals surface area contributed by atoms with Crippen molar-refractivity contribution < 1.29 is 9.90 Å². The molecule has 0 aliphatic rings. The van der Waals surface area contributed by atoms with E-state index >= 15 is 0 Å². The van der Waals surface area contributed by atoms with Gasteiger partial charge in [0.2, 0.25) is 0 Å². The minimum Gasteiger partial charge on any atom is -0.478 e. The van der Waals surface area contributed by atoms with Crippen molar-refractivity contribution in [2.45, 2.75) is 27.7 Å². The maximum atomic E-state index is 10.4. The molecule has 0 radical (unpaired) electrons. The van der Waals surface area contributed by atoms with Gasteiger partial charge in [-0.3, -0.25) is 0 Å². The fourth-order valence-corrected chi connectivity index (χ4v) is 0.779. The molecule has 0 heterocycles. The van der Waals surface area contributed by atoms with Crippen LogP contribution in [0.15, 0.2) is 24.3 Å². The molecule has 0 spiro atoms. The van der Waals surface area contributed by atoms with Gasteiger partial charge in [-0.1, -0.05) is 27.7 Å². The number of hydrogen-bond acceptors (Lipinski definition) is 2. The monoisotopic (exact) mass is 211 g/mol. The highest BCUT2D eigenvalue weighted by molar-refractivity contribution is 5.87. The fourth-order valence-electron chi connectivity index (χ4n) is 0.779. The van der Waals surface area contributed by atoms with Crippen LogP contribution in [-0.4, -0.2) is 18.1 Å². The Morgan fingerprint density at radius 1 is 1.07 bits per heavy atom. The summed E-state index contributed by atoms with van der Waals surface area (Å²) in [5.41, 5.74) is 1.22. The Morgan fingerprint density at radius 2 is 1.47 bits per heavy atom. The van der Waals surface area contributed by atoms with Gasteiger partial charge in [0.25, 0.3) is 0 Å². The van der Waals surface area contributed by atoms with Crippen molar-refractivity contribution >= 4 is 11.7 Å². The molecule has 3 heteroatoms. The molecule has 0 saturated carbocycles. The largest absolute Gasteiger partial charge is 0.478 e. The molecule has 0 saturated heterocycles. The molecule has 1 aromatic rings. The molecule has 0 bridgehead atoms. The minimum absolute atomic E-state index is 0.309. The van der Waals surface area contributed by atoms with E-state index in [0.717, 1.165) is 5.69 Å². The van der Waals surface area contributed by atoms with Crippen LogP contribution in [0.1, 0.15) is 38.1 Å². The average molecular weight is 211 g/mol. The zero-order valence-corrected chi connectivity index (χ0v) is 10.2. The lowest BCUT2D eigenvalue weighted by molar-refractivity contribution is 0.0697. The molecule has 1 aromatic carbocycles. The summed E-state index contributed by atoms with van der Waals surface area (Å²) in [6.45, 7) is 8.00. The van der Waals surface area contributed by atoms with Crippen LogP contribution in [0.5, 0.6) is 0 Å². The third-order valence-corrected chi connectivity index (χ3v) is 1.42. The molecule has 86 valence electrons. The smallest absolute Gasteiger partial charge is 0.335 e. The molecule has 0 unspecified atom stereocenters. The van der Waals surface area contributed by atoms with Crippen molar-refractivity contribution in [2.24, 2.45) is 0 Å². The highest BCUT2D eigenvalue weighted by Gasteiger charge is 1.99. The standard InChI is InChI=1S/C8H9NO2.2C2H6/c1-9-7-4-2-6(3-5-7)8(10)11;2*1-2/h2-5,9H,1H3,(H,10,11);2*1-2H3. The lowest BCUT2D eigenvalue weighted by Gasteiger charge is -1.98. The first-order valence-corrected chi connectivity index (χ1v) is 5.25.